The minimum atomic E-state index is -0.861. The number of nitriles is 1. The van der Waals surface area contributed by atoms with Crippen molar-refractivity contribution in [2.75, 3.05) is 13.1 Å². The fourth-order valence-corrected chi connectivity index (χ4v) is 5.72. The average molecular weight is 451 g/mol. The van der Waals surface area contributed by atoms with E-state index in [9.17, 15) is 20.0 Å². The Kier molecular flexibility index (Phi) is 7.04. The Morgan fingerprint density at radius 3 is 2.73 bits per heavy atom. The number of rotatable bonds is 7. The molecule has 0 saturated carbocycles. The first-order chi connectivity index (χ1) is 15.9. The van der Waals surface area contributed by atoms with Crippen molar-refractivity contribution < 1.29 is 14.7 Å². The first-order valence-electron chi connectivity index (χ1n) is 12.3. The van der Waals surface area contributed by atoms with Crippen LogP contribution in [0.25, 0.3) is 10.9 Å². The van der Waals surface area contributed by atoms with Gasteiger partial charge < -0.3 is 14.6 Å². The van der Waals surface area contributed by atoms with Crippen molar-refractivity contribution in [3.05, 3.63) is 35.5 Å². The summed E-state index contributed by atoms with van der Waals surface area (Å²) in [5.74, 6) is -0.750. The second kappa shape index (κ2) is 9.96. The summed E-state index contributed by atoms with van der Waals surface area (Å²) in [5.41, 5.74) is 2.99. The van der Waals surface area contributed by atoms with Crippen LogP contribution in [0.3, 0.4) is 0 Å². The largest absolute Gasteiger partial charge is 0.480 e. The van der Waals surface area contributed by atoms with Gasteiger partial charge in [0.25, 0.3) is 0 Å². The summed E-state index contributed by atoms with van der Waals surface area (Å²) in [6.07, 6.45) is 6.43. The molecule has 3 heterocycles. The Labute approximate surface area is 195 Å². The van der Waals surface area contributed by atoms with E-state index < -0.39 is 12.0 Å². The van der Waals surface area contributed by atoms with Crippen molar-refractivity contribution in [2.45, 2.75) is 83.5 Å². The number of aryl methyl sites for hydroxylation is 2. The summed E-state index contributed by atoms with van der Waals surface area (Å²) in [5, 5.41) is 19.9. The van der Waals surface area contributed by atoms with Crippen molar-refractivity contribution in [3.63, 3.8) is 0 Å². The minimum absolute atomic E-state index is 0.111. The summed E-state index contributed by atoms with van der Waals surface area (Å²) in [6, 6.07) is 9.49. The lowest BCUT2D eigenvalue weighted by Crippen LogP contribution is -2.56. The van der Waals surface area contributed by atoms with Crippen LogP contribution in [0, 0.1) is 11.3 Å². The van der Waals surface area contributed by atoms with E-state index in [1.54, 1.807) is 6.92 Å². The lowest BCUT2D eigenvalue weighted by Gasteiger charge is -2.40. The third-order valence-electron chi connectivity index (χ3n) is 7.51. The molecule has 2 unspecified atom stereocenters. The second-order valence-electron chi connectivity index (χ2n) is 9.40. The maximum atomic E-state index is 13.5. The van der Waals surface area contributed by atoms with Gasteiger partial charge in [-0.25, -0.2) is 0 Å². The van der Waals surface area contributed by atoms with Crippen molar-refractivity contribution in [1.82, 2.24) is 14.4 Å². The molecule has 2 aromatic rings. The van der Waals surface area contributed by atoms with Gasteiger partial charge in [-0.05, 0) is 82.5 Å². The van der Waals surface area contributed by atoms with Crippen molar-refractivity contribution in [1.29, 1.82) is 5.26 Å². The van der Waals surface area contributed by atoms with E-state index in [-0.39, 0.29) is 18.0 Å². The quantitative estimate of drug-likeness (QED) is 0.693. The number of hydrogen-bond donors (Lipinski definition) is 1. The van der Waals surface area contributed by atoms with Crippen LogP contribution in [0.4, 0.5) is 0 Å². The summed E-state index contributed by atoms with van der Waals surface area (Å²) in [7, 11) is 0. The highest BCUT2D eigenvalue weighted by Gasteiger charge is 2.39. The Bertz CT molecular complexity index is 1070. The van der Waals surface area contributed by atoms with Gasteiger partial charge in [-0.15, -0.1) is 0 Å². The highest BCUT2D eigenvalue weighted by atomic mass is 16.4. The molecule has 2 aliphatic rings. The molecule has 2 saturated heterocycles. The number of piperidine rings is 1. The Morgan fingerprint density at radius 1 is 1.18 bits per heavy atom. The van der Waals surface area contributed by atoms with E-state index in [4.69, 9.17) is 0 Å². The van der Waals surface area contributed by atoms with Gasteiger partial charge >= 0.3 is 5.97 Å². The molecule has 1 aromatic carbocycles. The van der Waals surface area contributed by atoms with Gasteiger partial charge in [0.2, 0.25) is 5.91 Å². The molecule has 7 heteroatoms. The fourth-order valence-electron chi connectivity index (χ4n) is 5.72. The highest BCUT2D eigenvalue weighted by Crippen LogP contribution is 2.29. The maximum Gasteiger partial charge on any atom is 0.320 e. The summed E-state index contributed by atoms with van der Waals surface area (Å²) >= 11 is 0. The van der Waals surface area contributed by atoms with Crippen LogP contribution < -0.4 is 0 Å². The topological polar surface area (TPSA) is 89.6 Å². The molecule has 33 heavy (non-hydrogen) atoms. The van der Waals surface area contributed by atoms with E-state index in [2.05, 4.69) is 23.6 Å². The minimum Gasteiger partial charge on any atom is -0.480 e. The molecule has 0 aliphatic carbocycles. The number of carboxylic acids is 1. The Balaban J connectivity index is 1.48. The van der Waals surface area contributed by atoms with Gasteiger partial charge in [0.1, 0.15) is 6.04 Å². The number of fused-ring (bicyclic) bond motifs is 1. The molecule has 1 amide bonds. The van der Waals surface area contributed by atoms with Gasteiger partial charge in [0.15, 0.2) is 0 Å². The van der Waals surface area contributed by atoms with Crippen LogP contribution in [0.5, 0.6) is 0 Å². The normalized spacial score (nSPS) is 22.4. The predicted molar refractivity (Wildman–Crippen MR) is 127 cm³/mol. The monoisotopic (exact) mass is 450 g/mol. The number of aromatic nitrogens is 1. The van der Waals surface area contributed by atoms with Gasteiger partial charge in [0.05, 0.1) is 17.7 Å². The van der Waals surface area contributed by atoms with Crippen LogP contribution in [0.15, 0.2) is 24.3 Å². The molecule has 176 valence electrons. The number of carbonyl (C=O) groups is 2. The molecule has 3 atom stereocenters. The van der Waals surface area contributed by atoms with E-state index in [1.165, 1.54) is 5.69 Å². The van der Waals surface area contributed by atoms with Gasteiger partial charge in [-0.3, -0.25) is 14.5 Å². The standard InChI is InChI=1S/C26H34N4O3/c1-3-28-22(16-20-10-9-19(17-27)15-24(20)28)12-11-21-7-6-14-30(21)25(31)23-8-4-5-13-29(23)18(2)26(32)33/h9-10,15-16,18,21,23H,3-8,11-14H2,1-2H3,(H,32,33)/t18?,21-,23?/m0/s1. The third-order valence-corrected chi connectivity index (χ3v) is 7.51. The molecular weight excluding hydrogens is 416 g/mol. The van der Waals surface area contributed by atoms with Crippen LogP contribution in [0.2, 0.25) is 0 Å². The highest BCUT2D eigenvalue weighted by molar-refractivity contribution is 5.84. The average Bonchev–Trinajstić information content (AvgIpc) is 3.44. The second-order valence-corrected chi connectivity index (χ2v) is 9.40. The molecule has 0 bridgehead atoms. The molecule has 0 spiro atoms. The number of benzene rings is 1. The smallest absolute Gasteiger partial charge is 0.320 e. The lowest BCUT2D eigenvalue weighted by molar-refractivity contribution is -0.149. The van der Waals surface area contributed by atoms with Crippen LogP contribution in [-0.4, -0.2) is 62.6 Å². The molecule has 0 radical (unpaired) electrons. The molecule has 2 aliphatic heterocycles. The molecule has 1 aromatic heterocycles. The zero-order valence-electron chi connectivity index (χ0n) is 19.7. The zero-order valence-corrected chi connectivity index (χ0v) is 19.7. The molecule has 1 N–H and O–H groups in total. The lowest BCUT2D eigenvalue weighted by atomic mass is 9.98. The zero-order chi connectivity index (χ0) is 23.5. The van der Waals surface area contributed by atoms with Crippen LogP contribution in [-0.2, 0) is 22.6 Å². The maximum absolute atomic E-state index is 13.5. The summed E-state index contributed by atoms with van der Waals surface area (Å²) < 4.78 is 2.27. The van der Waals surface area contributed by atoms with Gasteiger partial charge in [-0.2, -0.15) is 5.26 Å². The van der Waals surface area contributed by atoms with E-state index in [0.717, 1.165) is 68.9 Å². The van der Waals surface area contributed by atoms with Crippen molar-refractivity contribution in [2.24, 2.45) is 0 Å². The van der Waals surface area contributed by atoms with Gasteiger partial charge in [-0.1, -0.05) is 12.5 Å². The number of aliphatic carboxylic acids is 1. The molecular formula is C26H34N4O3. The molecule has 7 nitrogen and oxygen atoms in total. The van der Waals surface area contributed by atoms with Crippen LogP contribution >= 0.6 is 0 Å². The van der Waals surface area contributed by atoms with E-state index in [1.807, 2.05) is 28.0 Å². The van der Waals surface area contributed by atoms with Gasteiger partial charge in [0, 0.05) is 30.3 Å². The SMILES string of the molecule is CCn1c(CC[C@@H]2CCCN2C(=O)C2CCCCN2C(C)C(=O)O)cc2ccc(C#N)cc21. The first kappa shape index (κ1) is 23.3. The summed E-state index contributed by atoms with van der Waals surface area (Å²) in [6.45, 7) is 6.08. The van der Waals surface area contributed by atoms with Crippen LogP contribution in [0.1, 0.15) is 63.6 Å². The third kappa shape index (κ3) is 4.63. The summed E-state index contributed by atoms with van der Waals surface area (Å²) in [4.78, 5) is 29.1. The van der Waals surface area contributed by atoms with Crippen molar-refractivity contribution >= 4 is 22.8 Å². The Hall–Kier alpha value is -2.85. The van der Waals surface area contributed by atoms with E-state index >= 15 is 0 Å². The predicted octanol–water partition coefficient (Wildman–Crippen LogP) is 3.78. The van der Waals surface area contributed by atoms with Crippen molar-refractivity contribution in [3.8, 4) is 6.07 Å². The fraction of sp³-hybridized carbons (Fsp3) is 0.577. The number of likely N-dealkylation sites (tertiary alicyclic amines) is 2. The van der Waals surface area contributed by atoms with E-state index in [0.29, 0.717) is 12.1 Å². The number of amides is 1. The number of carbonyl (C=O) groups excluding carboxylic acids is 1. The molecule has 4 rings (SSSR count). The number of carboxylic acid groups (broad SMARTS) is 1. The Morgan fingerprint density at radius 2 is 2.00 bits per heavy atom. The molecule has 2 fully saturated rings. The number of nitrogens with zero attached hydrogens (tertiary/aromatic N) is 4. The number of hydrogen-bond acceptors (Lipinski definition) is 4. The first-order valence-corrected chi connectivity index (χ1v) is 12.3.